The van der Waals surface area contributed by atoms with Gasteiger partial charge < -0.3 is 20.6 Å². The summed E-state index contributed by atoms with van der Waals surface area (Å²) in [5, 5.41) is 33.2. The predicted molar refractivity (Wildman–Crippen MR) is 137 cm³/mol. The Hall–Kier alpha value is -2.44. The van der Waals surface area contributed by atoms with Crippen LogP contribution in [0.3, 0.4) is 0 Å². The molecule has 7 atom stereocenters. The number of aliphatic hydroxyl groups excluding tert-OH is 3. The summed E-state index contributed by atoms with van der Waals surface area (Å²) in [6.07, 6.45) is 17.0. The maximum absolute atomic E-state index is 13.0. The van der Waals surface area contributed by atoms with Crippen LogP contribution in [0.4, 0.5) is 0 Å². The zero-order valence-electron chi connectivity index (χ0n) is 21.6. The lowest BCUT2D eigenvalue weighted by Crippen LogP contribution is -2.54. The second-order valence-corrected chi connectivity index (χ2v) is 11.1. The van der Waals surface area contributed by atoms with E-state index in [1.54, 1.807) is 6.92 Å². The zero-order chi connectivity index (χ0) is 26.0. The molecule has 6 nitrogen and oxygen atoms in total. The molecule has 0 aromatic carbocycles. The predicted octanol–water partition coefficient (Wildman–Crippen LogP) is 4.32. The van der Waals surface area contributed by atoms with Gasteiger partial charge in [-0.3, -0.25) is 9.59 Å². The molecule has 1 saturated heterocycles. The third-order valence-corrected chi connectivity index (χ3v) is 8.65. The molecule has 1 heterocycles. The summed E-state index contributed by atoms with van der Waals surface area (Å²) in [6, 6.07) is -1.01. The number of aliphatic hydroxyl groups is 3. The highest BCUT2D eigenvalue weighted by Gasteiger charge is 2.60. The molecule has 3 rings (SSSR count). The first-order valence-electron chi connectivity index (χ1n) is 12.7. The number of hydrogen-bond donors (Lipinski definition) is 4. The fraction of sp³-hybridized carbons (Fsp3) is 0.586. The van der Waals surface area contributed by atoms with Gasteiger partial charge in [0.2, 0.25) is 0 Å². The Morgan fingerprint density at radius 1 is 1.23 bits per heavy atom. The van der Waals surface area contributed by atoms with Crippen LogP contribution < -0.4 is 5.32 Å². The van der Waals surface area contributed by atoms with Gasteiger partial charge in [0.05, 0.1) is 12.7 Å². The SMILES string of the molecule is CC1=C[C@H]2C[C@@H](C)CC[C@]2(C)[C@@](C)(/C(O)=C2\C(=O)N[C@H](CO)C2=O)[C@H]1/C=C/C=C/C=C/C[C@@H](C)O. The van der Waals surface area contributed by atoms with Crippen LogP contribution >= 0.6 is 0 Å². The highest BCUT2D eigenvalue weighted by molar-refractivity contribution is 6.27. The number of rotatable bonds is 7. The third kappa shape index (κ3) is 4.96. The number of carbonyl (C=O) groups is 2. The maximum atomic E-state index is 13.0. The first-order valence-corrected chi connectivity index (χ1v) is 12.7. The molecule has 1 saturated carbocycles. The summed E-state index contributed by atoms with van der Waals surface area (Å²) in [7, 11) is 0. The van der Waals surface area contributed by atoms with E-state index in [0.29, 0.717) is 12.3 Å². The highest BCUT2D eigenvalue weighted by atomic mass is 16.3. The smallest absolute Gasteiger partial charge is 0.259 e. The number of allylic oxidation sites excluding steroid dienone is 8. The molecule has 1 amide bonds. The van der Waals surface area contributed by atoms with E-state index in [1.165, 1.54) is 0 Å². The normalized spacial score (nSPS) is 38.2. The molecule has 1 aliphatic heterocycles. The van der Waals surface area contributed by atoms with E-state index in [2.05, 4.69) is 32.2 Å². The summed E-state index contributed by atoms with van der Waals surface area (Å²) in [6.45, 7) is 9.73. The lowest BCUT2D eigenvalue weighted by atomic mass is 9.44. The van der Waals surface area contributed by atoms with Gasteiger partial charge in [-0.05, 0) is 50.4 Å². The minimum atomic E-state index is -1.01. The van der Waals surface area contributed by atoms with E-state index >= 15 is 0 Å². The van der Waals surface area contributed by atoms with Crippen molar-refractivity contribution in [2.45, 2.75) is 72.4 Å². The van der Waals surface area contributed by atoms with Crippen molar-refractivity contribution in [2.75, 3.05) is 6.61 Å². The van der Waals surface area contributed by atoms with Crippen LogP contribution in [0.5, 0.6) is 0 Å². The van der Waals surface area contributed by atoms with E-state index in [-0.39, 0.29) is 34.7 Å². The van der Waals surface area contributed by atoms with Crippen LogP contribution in [0.2, 0.25) is 0 Å². The zero-order valence-corrected chi connectivity index (χ0v) is 21.6. The molecule has 0 unspecified atom stereocenters. The van der Waals surface area contributed by atoms with Gasteiger partial charge in [0.1, 0.15) is 17.4 Å². The highest BCUT2D eigenvalue weighted by Crippen LogP contribution is 2.65. The second kappa shape index (κ2) is 10.7. The van der Waals surface area contributed by atoms with Gasteiger partial charge in [-0.1, -0.05) is 75.3 Å². The summed E-state index contributed by atoms with van der Waals surface area (Å²) < 4.78 is 0. The van der Waals surface area contributed by atoms with Gasteiger partial charge in [-0.25, -0.2) is 0 Å². The minimum Gasteiger partial charge on any atom is -0.511 e. The van der Waals surface area contributed by atoms with E-state index in [0.717, 1.165) is 24.8 Å². The van der Waals surface area contributed by atoms with Gasteiger partial charge in [-0.15, -0.1) is 0 Å². The largest absolute Gasteiger partial charge is 0.511 e. The van der Waals surface area contributed by atoms with Crippen LogP contribution in [0.15, 0.2) is 59.4 Å². The van der Waals surface area contributed by atoms with Crippen molar-refractivity contribution in [3.63, 3.8) is 0 Å². The molecule has 6 heteroatoms. The Morgan fingerprint density at radius 3 is 2.54 bits per heavy atom. The Labute approximate surface area is 209 Å². The number of nitrogens with one attached hydrogen (secondary N) is 1. The van der Waals surface area contributed by atoms with Crippen LogP contribution in [-0.4, -0.2) is 45.8 Å². The molecule has 0 aromatic heterocycles. The lowest BCUT2D eigenvalue weighted by molar-refractivity contribution is -0.118. The second-order valence-electron chi connectivity index (χ2n) is 11.1. The van der Waals surface area contributed by atoms with Gasteiger partial charge >= 0.3 is 0 Å². The van der Waals surface area contributed by atoms with Gasteiger partial charge in [-0.2, -0.15) is 0 Å². The number of ketones is 1. The van der Waals surface area contributed by atoms with Crippen molar-refractivity contribution in [1.29, 1.82) is 0 Å². The van der Waals surface area contributed by atoms with Crippen molar-refractivity contribution < 1.29 is 24.9 Å². The topological polar surface area (TPSA) is 107 Å². The third-order valence-electron chi connectivity index (χ3n) is 8.65. The van der Waals surface area contributed by atoms with Gasteiger partial charge in [0.15, 0.2) is 5.78 Å². The van der Waals surface area contributed by atoms with Crippen molar-refractivity contribution in [3.8, 4) is 0 Å². The molecule has 192 valence electrons. The van der Waals surface area contributed by atoms with Crippen LogP contribution in [0, 0.1) is 28.6 Å². The Bertz CT molecular complexity index is 987. The van der Waals surface area contributed by atoms with Crippen molar-refractivity contribution in [3.05, 3.63) is 59.4 Å². The molecule has 0 aromatic rings. The molecule has 2 fully saturated rings. The standard InChI is InChI=1S/C29H41NO5/c1-18-13-14-28(4)21(15-18)16-19(2)22(12-10-8-6-7-9-11-20(3)32)29(28,5)26(34)24-25(33)23(17-31)30-27(24)35/h6-10,12,16,18,20-23,31-32,34H,11,13-15,17H2,1-5H3,(H,30,35)/b8-6+,9-7+,12-10+,26-24+/t18-,20+,21+,22-,23+,28-,29+/m0/s1. The Morgan fingerprint density at radius 2 is 1.91 bits per heavy atom. The summed E-state index contributed by atoms with van der Waals surface area (Å²) in [5.41, 5.74) is -0.343. The average molecular weight is 484 g/mol. The van der Waals surface area contributed by atoms with E-state index in [4.69, 9.17) is 0 Å². The number of carbonyl (C=O) groups excluding carboxylic acids is 2. The number of hydrogen-bond acceptors (Lipinski definition) is 5. The number of amides is 1. The minimum absolute atomic E-state index is 0.166. The van der Waals surface area contributed by atoms with Crippen molar-refractivity contribution in [1.82, 2.24) is 5.32 Å². The summed E-state index contributed by atoms with van der Waals surface area (Å²) in [5.74, 6) is -0.759. The Balaban J connectivity index is 2.08. The van der Waals surface area contributed by atoms with Crippen LogP contribution in [0.1, 0.15) is 60.3 Å². The molecule has 0 spiro atoms. The summed E-state index contributed by atoms with van der Waals surface area (Å²) in [4.78, 5) is 25.7. The van der Waals surface area contributed by atoms with Gasteiger partial charge in [0.25, 0.3) is 5.91 Å². The van der Waals surface area contributed by atoms with E-state index in [9.17, 15) is 24.9 Å². The fourth-order valence-electron chi connectivity index (χ4n) is 6.29. The molecule has 4 N–H and O–H groups in total. The number of fused-ring (bicyclic) bond motifs is 1. The van der Waals surface area contributed by atoms with Crippen LogP contribution in [0.25, 0.3) is 0 Å². The molecule has 2 aliphatic carbocycles. The molecular formula is C29H41NO5. The van der Waals surface area contributed by atoms with E-state index in [1.807, 2.05) is 43.4 Å². The van der Waals surface area contributed by atoms with E-state index < -0.39 is 29.8 Å². The van der Waals surface area contributed by atoms with Crippen molar-refractivity contribution in [2.24, 2.45) is 28.6 Å². The Kier molecular flexibility index (Phi) is 8.28. The number of Topliss-reactive ketones (excluding diaryl/α,β-unsaturated/α-hetero) is 1. The maximum Gasteiger partial charge on any atom is 0.259 e. The molecule has 35 heavy (non-hydrogen) atoms. The summed E-state index contributed by atoms with van der Waals surface area (Å²) >= 11 is 0. The lowest BCUT2D eigenvalue weighted by Gasteiger charge is -2.59. The first kappa shape index (κ1) is 27.2. The van der Waals surface area contributed by atoms with Crippen LogP contribution in [-0.2, 0) is 9.59 Å². The van der Waals surface area contributed by atoms with Gasteiger partial charge in [0, 0.05) is 11.3 Å². The molecular weight excluding hydrogens is 442 g/mol. The fourth-order valence-corrected chi connectivity index (χ4v) is 6.29. The molecule has 0 radical (unpaired) electrons. The monoisotopic (exact) mass is 483 g/mol. The quantitative estimate of drug-likeness (QED) is 0.142. The molecule has 0 bridgehead atoms. The van der Waals surface area contributed by atoms with Crippen molar-refractivity contribution >= 4 is 11.7 Å². The average Bonchev–Trinajstić information content (AvgIpc) is 3.09. The first-order chi connectivity index (χ1) is 16.5. The molecule has 3 aliphatic rings.